The summed E-state index contributed by atoms with van der Waals surface area (Å²) in [6, 6.07) is 8.26. The standard InChI is InChI=1S/C22H30N2O4.C16H16N2O4.C5H8.C2H6/c1-15(27-5)11-19(17(3)25)13-23-21-9-7-8-10-22(21)24-14-20(18(4)26)12-16(2)28-6;19-13-1-3-15(21)11(7-13)9-17-5-6-18-10-12-8-14(20)2-4-16(12)22;1-3-5-4-2;1-2/h11-14,21-22,25-26H,1-4,7-10H2,5-6H3;1-4,7-10,19-22H,5-6H2;3-5H,1H2,2H3;1-2H3/b19-11-,20-12-,23-13?,24-14?;;5-4-;. The van der Waals surface area contributed by atoms with Gasteiger partial charge in [-0.25, -0.2) is 0 Å². The van der Waals surface area contributed by atoms with E-state index in [1.165, 1.54) is 63.0 Å². The van der Waals surface area contributed by atoms with Crippen LogP contribution in [0.1, 0.15) is 57.6 Å². The lowest BCUT2D eigenvalue weighted by atomic mass is 9.91. The number of methoxy groups -OCH3 is 2. The van der Waals surface area contributed by atoms with Gasteiger partial charge in [0.25, 0.3) is 0 Å². The van der Waals surface area contributed by atoms with Gasteiger partial charge in [0, 0.05) is 47.1 Å². The van der Waals surface area contributed by atoms with Crippen molar-refractivity contribution >= 4 is 24.9 Å². The van der Waals surface area contributed by atoms with Crippen molar-refractivity contribution in [3.63, 3.8) is 0 Å². The number of aliphatic hydroxyl groups excluding tert-OH is 2. The van der Waals surface area contributed by atoms with Crippen molar-refractivity contribution in [2.24, 2.45) is 20.0 Å². The van der Waals surface area contributed by atoms with E-state index in [2.05, 4.69) is 52.9 Å². The fourth-order valence-corrected chi connectivity index (χ4v) is 4.51. The Bertz CT molecular complexity index is 1700. The molecule has 12 heteroatoms. The normalized spacial score (nSPS) is 15.6. The summed E-state index contributed by atoms with van der Waals surface area (Å²) in [5.74, 6) is 0.738. The van der Waals surface area contributed by atoms with E-state index in [9.17, 15) is 30.6 Å². The smallest absolute Gasteiger partial charge is 0.124 e. The molecule has 57 heavy (non-hydrogen) atoms. The monoisotopic (exact) mass is 784 g/mol. The molecule has 3 rings (SSSR count). The Balaban J connectivity index is 0.000000962. The van der Waals surface area contributed by atoms with Crippen molar-refractivity contribution in [2.75, 3.05) is 27.3 Å². The minimum Gasteiger partial charge on any atom is -0.508 e. The molecule has 0 aromatic heterocycles. The summed E-state index contributed by atoms with van der Waals surface area (Å²) in [4.78, 5) is 17.4. The van der Waals surface area contributed by atoms with Gasteiger partial charge in [-0.2, -0.15) is 0 Å². The van der Waals surface area contributed by atoms with Crippen molar-refractivity contribution in [1.82, 2.24) is 0 Å². The average Bonchev–Trinajstić information content (AvgIpc) is 3.20. The highest BCUT2D eigenvalue weighted by atomic mass is 16.5. The molecule has 12 nitrogen and oxygen atoms in total. The molecule has 1 aliphatic rings. The number of aliphatic imine (C=N–C) groups is 4. The van der Waals surface area contributed by atoms with Gasteiger partial charge in [0.1, 0.15) is 46.0 Å². The summed E-state index contributed by atoms with van der Waals surface area (Å²) in [6.07, 6.45) is 18.6. The zero-order valence-corrected chi connectivity index (χ0v) is 33.9. The van der Waals surface area contributed by atoms with E-state index in [0.29, 0.717) is 46.9 Å². The highest BCUT2D eigenvalue weighted by Gasteiger charge is 2.23. The third kappa shape index (κ3) is 21.8. The largest absolute Gasteiger partial charge is 0.508 e. The number of ether oxygens (including phenoxy) is 2. The Morgan fingerprint density at radius 3 is 1.39 bits per heavy atom. The van der Waals surface area contributed by atoms with E-state index in [-0.39, 0.29) is 46.6 Å². The maximum atomic E-state index is 9.75. The Morgan fingerprint density at radius 2 is 1.09 bits per heavy atom. The number of allylic oxidation sites excluding steroid dienone is 7. The van der Waals surface area contributed by atoms with E-state index in [4.69, 9.17) is 9.47 Å². The van der Waals surface area contributed by atoms with E-state index >= 15 is 0 Å². The predicted octanol–water partition coefficient (Wildman–Crippen LogP) is 9.58. The first kappa shape index (κ1) is 50.4. The number of rotatable bonds is 16. The molecule has 0 saturated heterocycles. The highest BCUT2D eigenvalue weighted by molar-refractivity contribution is 5.86. The second-order valence-electron chi connectivity index (χ2n) is 11.7. The fourth-order valence-electron chi connectivity index (χ4n) is 4.51. The third-order valence-corrected chi connectivity index (χ3v) is 7.50. The van der Waals surface area contributed by atoms with Gasteiger partial charge >= 0.3 is 0 Å². The zero-order chi connectivity index (χ0) is 43.2. The lowest BCUT2D eigenvalue weighted by Crippen LogP contribution is -2.27. The maximum Gasteiger partial charge on any atom is 0.124 e. The second kappa shape index (κ2) is 29.8. The number of nitrogens with zero attached hydrogens (tertiary/aromatic N) is 4. The molecule has 1 fully saturated rings. The molecule has 1 aliphatic carbocycles. The maximum absolute atomic E-state index is 9.75. The van der Waals surface area contributed by atoms with Crippen LogP contribution in [-0.4, -0.2) is 94.9 Å². The Labute approximate surface area is 338 Å². The van der Waals surface area contributed by atoms with Gasteiger partial charge in [-0.05, 0) is 68.3 Å². The molecule has 0 heterocycles. The number of phenolic OH excluding ortho intramolecular Hbond substituents is 4. The molecular weight excluding hydrogens is 725 g/mol. The summed E-state index contributed by atoms with van der Waals surface area (Å²) in [6.45, 7) is 24.7. The Hall–Kier alpha value is -6.56. The molecule has 1 saturated carbocycles. The minimum absolute atomic E-state index is 0.0368. The third-order valence-electron chi connectivity index (χ3n) is 7.50. The molecule has 2 aromatic rings. The van der Waals surface area contributed by atoms with E-state index < -0.39 is 0 Å². The fraction of sp³-hybridized carbons (Fsp3) is 0.289. The Kier molecular flexibility index (Phi) is 26.3. The topological polar surface area (TPSA) is 189 Å². The minimum atomic E-state index is -0.113. The number of hydrogen-bond acceptors (Lipinski definition) is 12. The molecule has 308 valence electrons. The second-order valence-corrected chi connectivity index (χ2v) is 11.7. The first-order chi connectivity index (χ1) is 27.3. The summed E-state index contributed by atoms with van der Waals surface area (Å²) in [5, 5.41) is 57.2. The molecule has 2 aromatic carbocycles. The van der Waals surface area contributed by atoms with Crippen LogP contribution < -0.4 is 0 Å². The van der Waals surface area contributed by atoms with E-state index in [1.807, 2.05) is 32.9 Å². The number of hydrogen-bond donors (Lipinski definition) is 6. The summed E-state index contributed by atoms with van der Waals surface area (Å²) in [5.41, 5.74) is 1.71. The van der Waals surface area contributed by atoms with Crippen LogP contribution in [0.15, 0.2) is 154 Å². The van der Waals surface area contributed by atoms with Crippen LogP contribution >= 0.6 is 0 Å². The number of aromatic hydroxyl groups is 4. The van der Waals surface area contributed by atoms with Crippen molar-refractivity contribution in [1.29, 1.82) is 0 Å². The van der Waals surface area contributed by atoms with Gasteiger partial charge in [0.05, 0.1) is 39.4 Å². The van der Waals surface area contributed by atoms with Crippen molar-refractivity contribution in [3.8, 4) is 23.0 Å². The van der Waals surface area contributed by atoms with Crippen LogP contribution in [0.5, 0.6) is 23.0 Å². The van der Waals surface area contributed by atoms with Gasteiger partial charge in [0.2, 0.25) is 0 Å². The van der Waals surface area contributed by atoms with Crippen molar-refractivity contribution < 1.29 is 40.1 Å². The van der Waals surface area contributed by atoms with Gasteiger partial charge < -0.3 is 40.1 Å². The summed E-state index contributed by atoms with van der Waals surface area (Å²) in [7, 11) is 3.00. The van der Waals surface area contributed by atoms with Gasteiger partial charge in [-0.1, -0.05) is 77.8 Å². The molecule has 0 aliphatic heterocycles. The van der Waals surface area contributed by atoms with Crippen LogP contribution in [0.4, 0.5) is 0 Å². The first-order valence-electron chi connectivity index (χ1n) is 18.2. The molecule has 2 atom stereocenters. The highest BCUT2D eigenvalue weighted by Crippen LogP contribution is 2.25. The number of phenols is 4. The van der Waals surface area contributed by atoms with Crippen LogP contribution in [0.2, 0.25) is 0 Å². The molecular formula is C45H60N4O8. The van der Waals surface area contributed by atoms with E-state index in [0.717, 1.165) is 25.7 Å². The summed E-state index contributed by atoms with van der Waals surface area (Å²) >= 11 is 0. The van der Waals surface area contributed by atoms with E-state index in [1.54, 1.807) is 30.7 Å². The van der Waals surface area contributed by atoms with Gasteiger partial charge in [-0.15, -0.1) is 0 Å². The van der Waals surface area contributed by atoms with Crippen LogP contribution in [0.3, 0.4) is 0 Å². The van der Waals surface area contributed by atoms with Crippen molar-refractivity contribution in [3.05, 3.63) is 145 Å². The van der Waals surface area contributed by atoms with Gasteiger partial charge in [-0.3, -0.25) is 20.0 Å². The average molecular weight is 785 g/mol. The molecule has 0 spiro atoms. The molecule has 0 amide bonds. The lowest BCUT2D eigenvalue weighted by Gasteiger charge is -2.25. The lowest BCUT2D eigenvalue weighted by molar-refractivity contribution is 0.308. The number of aliphatic hydroxyl groups is 2. The first-order valence-corrected chi connectivity index (χ1v) is 18.2. The molecule has 6 N–H and O–H groups in total. The van der Waals surface area contributed by atoms with Crippen molar-refractivity contribution in [2.45, 2.75) is 58.5 Å². The summed E-state index contributed by atoms with van der Waals surface area (Å²) < 4.78 is 10.0. The molecule has 0 bridgehead atoms. The zero-order valence-electron chi connectivity index (χ0n) is 33.9. The predicted molar refractivity (Wildman–Crippen MR) is 236 cm³/mol. The van der Waals surface area contributed by atoms with Crippen LogP contribution in [0.25, 0.3) is 0 Å². The molecule has 0 radical (unpaired) electrons. The SMILES string of the molecule is C=C(/C=C(/C=NC1CCCCC1N=C/C(=C/C(=C)OC)C(=C)O)C(=C)O)OC.C=C/C=C\C.CC.Oc1ccc(O)c(C=NCCN=Cc2cc(O)ccc2O)c1. The molecule has 2 unspecified atom stereocenters. The number of benzene rings is 2. The van der Waals surface area contributed by atoms with Gasteiger partial charge in [0.15, 0.2) is 0 Å². The Morgan fingerprint density at radius 1 is 0.702 bits per heavy atom. The van der Waals surface area contributed by atoms with Crippen LogP contribution in [-0.2, 0) is 9.47 Å². The van der Waals surface area contributed by atoms with Crippen LogP contribution in [0, 0.1) is 0 Å². The quantitative estimate of drug-likeness (QED) is 0.0319.